The molecule has 0 saturated heterocycles. The molecular weight excluding hydrogens is 225 g/mol. The molecule has 1 heterocycles. The Kier molecular flexibility index (Phi) is 5.38. The molecule has 0 aliphatic carbocycles. The maximum absolute atomic E-state index is 12.2. The van der Waals surface area contributed by atoms with Gasteiger partial charge in [0.15, 0.2) is 11.1 Å². The van der Waals surface area contributed by atoms with Crippen molar-refractivity contribution >= 4 is 40.6 Å². The van der Waals surface area contributed by atoms with Crippen molar-refractivity contribution in [1.29, 1.82) is 0 Å². The molecule has 14 heavy (non-hydrogen) atoms. The van der Waals surface area contributed by atoms with E-state index < -0.39 is 17.6 Å². The Labute approximate surface area is 104 Å². The summed E-state index contributed by atoms with van der Waals surface area (Å²) in [5.74, 6) is 0. The fourth-order valence-corrected chi connectivity index (χ4v) is 1.73. The monoisotopic (exact) mass is 234 g/mol. The number of aryl methyl sites for hydroxylation is 1. The summed E-state index contributed by atoms with van der Waals surface area (Å²) in [5.41, 5.74) is 0.173. The third-order valence-electron chi connectivity index (χ3n) is 1.62. The van der Waals surface area contributed by atoms with Gasteiger partial charge in [0, 0.05) is 0 Å². The van der Waals surface area contributed by atoms with E-state index in [0.29, 0.717) is 4.68 Å². The molecule has 1 rings (SSSR count). The normalized spacial score (nSPS) is 12.7. The molecule has 0 radical (unpaired) electrons. The van der Waals surface area contributed by atoms with E-state index in [-0.39, 0.29) is 45.8 Å². The molecule has 0 aliphatic heterocycles. The van der Waals surface area contributed by atoms with Gasteiger partial charge in [0.25, 0.3) is 0 Å². The van der Waals surface area contributed by atoms with Crippen molar-refractivity contribution in [3.05, 3.63) is 11.4 Å². The van der Waals surface area contributed by atoms with Crippen LogP contribution in [0.4, 0.5) is 8.78 Å². The van der Waals surface area contributed by atoms with Crippen LogP contribution in [-0.2, 0) is 11.1 Å². The summed E-state index contributed by atoms with van der Waals surface area (Å²) >= 11 is -2.26. The summed E-state index contributed by atoms with van der Waals surface area (Å²) in [6.07, 6.45) is 0. The quantitative estimate of drug-likeness (QED) is 0.609. The Balaban J connectivity index is 0.00000169. The van der Waals surface area contributed by atoms with Gasteiger partial charge in [0.1, 0.15) is 4.90 Å². The molecule has 0 aromatic carbocycles. The number of rotatable bonds is 2. The van der Waals surface area contributed by atoms with Crippen LogP contribution in [0.2, 0.25) is 0 Å². The van der Waals surface area contributed by atoms with Gasteiger partial charge < -0.3 is 4.55 Å². The molecule has 0 fully saturated rings. The average Bonchev–Trinajstić information content (AvgIpc) is 2.26. The molecule has 1 aromatic rings. The molecule has 4 nitrogen and oxygen atoms in total. The van der Waals surface area contributed by atoms with Crippen molar-refractivity contribution in [2.75, 3.05) is 0 Å². The van der Waals surface area contributed by atoms with Crippen molar-refractivity contribution in [1.82, 2.24) is 9.78 Å². The minimum absolute atomic E-state index is 0. The first-order valence-electron chi connectivity index (χ1n) is 3.40. The third-order valence-corrected chi connectivity index (χ3v) is 2.56. The standard InChI is InChI=1S/C6H8F2N2O2S.Na.H/c1-3-5(13(11)12)4(2)10(9-3)6(7)8;;/h6H,1-2H3,(H,11,12);;. The predicted molar refractivity (Wildman–Crippen MR) is 49.1 cm³/mol. The van der Waals surface area contributed by atoms with Crippen LogP contribution in [0.1, 0.15) is 17.9 Å². The van der Waals surface area contributed by atoms with Crippen molar-refractivity contribution in [3.8, 4) is 0 Å². The van der Waals surface area contributed by atoms with Crippen LogP contribution >= 0.6 is 0 Å². The van der Waals surface area contributed by atoms with Crippen LogP contribution in [0.15, 0.2) is 4.90 Å². The van der Waals surface area contributed by atoms with Gasteiger partial charge in [0.2, 0.25) is 0 Å². The summed E-state index contributed by atoms with van der Waals surface area (Å²) in [7, 11) is 0. The van der Waals surface area contributed by atoms with E-state index in [2.05, 4.69) is 5.10 Å². The SMILES string of the molecule is Cc1nn(C(F)F)c(C)c1S(=O)O.[NaH]. The van der Waals surface area contributed by atoms with Gasteiger partial charge in [0.05, 0.1) is 11.4 Å². The summed E-state index contributed by atoms with van der Waals surface area (Å²) in [5, 5.41) is 3.44. The van der Waals surface area contributed by atoms with Gasteiger partial charge in [-0.3, -0.25) is 0 Å². The van der Waals surface area contributed by atoms with Gasteiger partial charge in [-0.15, -0.1) is 0 Å². The number of alkyl halides is 2. The van der Waals surface area contributed by atoms with E-state index in [0.717, 1.165) is 0 Å². The number of halogens is 2. The number of nitrogens with zero attached hydrogens (tertiary/aromatic N) is 2. The van der Waals surface area contributed by atoms with Crippen LogP contribution in [0.3, 0.4) is 0 Å². The molecule has 1 atom stereocenters. The van der Waals surface area contributed by atoms with Crippen LogP contribution in [0, 0.1) is 13.8 Å². The molecule has 0 bridgehead atoms. The molecule has 1 unspecified atom stereocenters. The fourth-order valence-electron chi connectivity index (χ4n) is 1.09. The average molecular weight is 234 g/mol. The van der Waals surface area contributed by atoms with Gasteiger partial charge in [-0.1, -0.05) is 0 Å². The van der Waals surface area contributed by atoms with Crippen LogP contribution < -0.4 is 0 Å². The zero-order chi connectivity index (χ0) is 10.2. The van der Waals surface area contributed by atoms with Crippen molar-refractivity contribution in [3.63, 3.8) is 0 Å². The van der Waals surface area contributed by atoms with Gasteiger partial charge in [-0.25, -0.2) is 8.89 Å². The summed E-state index contributed by atoms with van der Waals surface area (Å²) in [6.45, 7) is -0.0405. The molecule has 1 aromatic heterocycles. The molecule has 8 heteroatoms. The van der Waals surface area contributed by atoms with Gasteiger partial charge >= 0.3 is 36.1 Å². The van der Waals surface area contributed by atoms with Crippen molar-refractivity contribution < 1.29 is 17.5 Å². The van der Waals surface area contributed by atoms with E-state index in [9.17, 15) is 13.0 Å². The number of aromatic nitrogens is 2. The molecule has 0 aliphatic rings. The number of hydrogen-bond donors (Lipinski definition) is 1. The first-order chi connectivity index (χ1) is 5.95. The Morgan fingerprint density at radius 3 is 2.21 bits per heavy atom. The molecular formula is C6H9F2N2NaO2S. The first-order valence-corrected chi connectivity index (χ1v) is 4.50. The first kappa shape index (κ1) is 14.2. The van der Waals surface area contributed by atoms with Crippen molar-refractivity contribution in [2.45, 2.75) is 25.3 Å². The second-order valence-corrected chi connectivity index (χ2v) is 3.38. The minimum atomic E-state index is -2.78. The maximum atomic E-state index is 12.2. The molecule has 0 amide bonds. The molecule has 0 spiro atoms. The van der Waals surface area contributed by atoms with E-state index in [4.69, 9.17) is 4.55 Å². The molecule has 76 valence electrons. The second kappa shape index (κ2) is 5.32. The second-order valence-electron chi connectivity index (χ2n) is 2.47. The molecule has 1 N–H and O–H groups in total. The van der Waals surface area contributed by atoms with E-state index in [1.807, 2.05) is 0 Å². The Bertz CT molecular complexity index is 356. The summed E-state index contributed by atoms with van der Waals surface area (Å²) in [4.78, 5) is -0.0414. The molecule has 0 saturated carbocycles. The van der Waals surface area contributed by atoms with Gasteiger partial charge in [-0.05, 0) is 13.8 Å². The Morgan fingerprint density at radius 1 is 1.50 bits per heavy atom. The zero-order valence-electron chi connectivity index (χ0n) is 6.99. The third kappa shape index (κ3) is 2.60. The van der Waals surface area contributed by atoms with E-state index in [1.165, 1.54) is 13.8 Å². The van der Waals surface area contributed by atoms with Gasteiger partial charge in [-0.2, -0.15) is 13.9 Å². The van der Waals surface area contributed by atoms with E-state index in [1.54, 1.807) is 0 Å². The van der Waals surface area contributed by atoms with Crippen LogP contribution in [-0.4, -0.2) is 48.1 Å². The van der Waals surface area contributed by atoms with Crippen LogP contribution in [0.25, 0.3) is 0 Å². The van der Waals surface area contributed by atoms with E-state index >= 15 is 0 Å². The topological polar surface area (TPSA) is 55.1 Å². The zero-order valence-corrected chi connectivity index (χ0v) is 7.81. The Morgan fingerprint density at radius 2 is 2.00 bits per heavy atom. The summed E-state index contributed by atoms with van der Waals surface area (Å²) in [6, 6.07) is 0. The Hall–Kier alpha value is 0.180. The van der Waals surface area contributed by atoms with Crippen molar-refractivity contribution in [2.24, 2.45) is 0 Å². The number of hydrogen-bond acceptors (Lipinski definition) is 2. The van der Waals surface area contributed by atoms with Crippen LogP contribution in [0.5, 0.6) is 0 Å². The fraction of sp³-hybridized carbons (Fsp3) is 0.500. The predicted octanol–water partition coefficient (Wildman–Crippen LogP) is 0.827. The summed E-state index contributed by atoms with van der Waals surface area (Å²) < 4.78 is 44.3.